The standard InChI is InChI=1S/C12H15N3O/c1-9-3-4-11-10(7-9)13-14-15(11)8-12(16)5-2-6-12/h3-4,7,16H,2,5-6,8H2,1H3. The molecule has 0 atom stereocenters. The lowest BCUT2D eigenvalue weighted by Crippen LogP contribution is -2.41. The van der Waals surface area contributed by atoms with Crippen molar-refractivity contribution in [1.82, 2.24) is 15.0 Å². The number of hydrogen-bond donors (Lipinski definition) is 1. The maximum absolute atomic E-state index is 10.1. The first-order valence-corrected chi connectivity index (χ1v) is 5.69. The topological polar surface area (TPSA) is 50.9 Å². The van der Waals surface area contributed by atoms with Crippen molar-refractivity contribution in [1.29, 1.82) is 0 Å². The summed E-state index contributed by atoms with van der Waals surface area (Å²) in [4.78, 5) is 0. The molecule has 0 amide bonds. The molecule has 84 valence electrons. The van der Waals surface area contributed by atoms with E-state index >= 15 is 0 Å². The molecule has 1 aliphatic carbocycles. The van der Waals surface area contributed by atoms with Crippen molar-refractivity contribution in [3.63, 3.8) is 0 Å². The molecule has 0 spiro atoms. The third kappa shape index (κ3) is 1.50. The second-order valence-electron chi connectivity index (χ2n) is 4.82. The van der Waals surface area contributed by atoms with Gasteiger partial charge in [0, 0.05) is 0 Å². The molecule has 1 aromatic carbocycles. The van der Waals surface area contributed by atoms with Crippen LogP contribution in [0.2, 0.25) is 0 Å². The zero-order chi connectivity index (χ0) is 11.2. The van der Waals surface area contributed by atoms with E-state index in [1.807, 2.05) is 29.8 Å². The van der Waals surface area contributed by atoms with Crippen LogP contribution in [0.4, 0.5) is 0 Å². The number of nitrogens with zero attached hydrogens (tertiary/aromatic N) is 3. The second-order valence-corrected chi connectivity index (χ2v) is 4.82. The van der Waals surface area contributed by atoms with E-state index in [-0.39, 0.29) is 0 Å². The first kappa shape index (κ1) is 9.78. The molecule has 0 aliphatic heterocycles. The molecule has 0 bridgehead atoms. The minimum atomic E-state index is -0.550. The van der Waals surface area contributed by atoms with Crippen LogP contribution in [0.5, 0.6) is 0 Å². The molecule has 1 aliphatic rings. The van der Waals surface area contributed by atoms with E-state index in [0.717, 1.165) is 30.3 Å². The van der Waals surface area contributed by atoms with E-state index < -0.39 is 5.60 Å². The van der Waals surface area contributed by atoms with E-state index in [0.29, 0.717) is 6.54 Å². The largest absolute Gasteiger partial charge is 0.388 e. The first-order chi connectivity index (χ1) is 7.66. The van der Waals surface area contributed by atoms with Gasteiger partial charge in [0.25, 0.3) is 0 Å². The van der Waals surface area contributed by atoms with Crippen LogP contribution >= 0.6 is 0 Å². The lowest BCUT2D eigenvalue weighted by atomic mass is 9.80. The van der Waals surface area contributed by atoms with Crippen LogP contribution in [-0.2, 0) is 6.54 Å². The van der Waals surface area contributed by atoms with Gasteiger partial charge in [0.15, 0.2) is 0 Å². The third-order valence-corrected chi connectivity index (χ3v) is 3.40. The third-order valence-electron chi connectivity index (χ3n) is 3.40. The van der Waals surface area contributed by atoms with Crippen LogP contribution in [0.15, 0.2) is 18.2 Å². The molecule has 16 heavy (non-hydrogen) atoms. The number of hydrogen-bond acceptors (Lipinski definition) is 3. The predicted octanol–water partition coefficient (Wildman–Crippen LogP) is 1.65. The predicted molar refractivity (Wildman–Crippen MR) is 61.1 cm³/mol. The minimum Gasteiger partial charge on any atom is -0.388 e. The van der Waals surface area contributed by atoms with Gasteiger partial charge in [-0.05, 0) is 43.9 Å². The average molecular weight is 217 g/mol. The molecule has 1 fully saturated rings. The van der Waals surface area contributed by atoms with Crippen LogP contribution in [0.1, 0.15) is 24.8 Å². The van der Waals surface area contributed by atoms with Gasteiger partial charge in [-0.25, -0.2) is 4.68 Å². The summed E-state index contributed by atoms with van der Waals surface area (Å²) >= 11 is 0. The van der Waals surface area contributed by atoms with Crippen molar-refractivity contribution in [2.75, 3.05) is 0 Å². The zero-order valence-corrected chi connectivity index (χ0v) is 9.35. The van der Waals surface area contributed by atoms with Crippen molar-refractivity contribution in [2.24, 2.45) is 0 Å². The highest BCUT2D eigenvalue weighted by atomic mass is 16.3. The Hall–Kier alpha value is -1.42. The van der Waals surface area contributed by atoms with Gasteiger partial charge in [0.2, 0.25) is 0 Å². The monoisotopic (exact) mass is 217 g/mol. The second kappa shape index (κ2) is 3.28. The molecule has 4 nitrogen and oxygen atoms in total. The maximum Gasteiger partial charge on any atom is 0.113 e. The number of aliphatic hydroxyl groups is 1. The molecular weight excluding hydrogens is 202 g/mol. The summed E-state index contributed by atoms with van der Waals surface area (Å²) in [5, 5.41) is 18.3. The summed E-state index contributed by atoms with van der Waals surface area (Å²) in [6, 6.07) is 6.09. The maximum atomic E-state index is 10.1. The molecule has 0 saturated heterocycles. The van der Waals surface area contributed by atoms with Crippen molar-refractivity contribution in [3.05, 3.63) is 23.8 Å². The average Bonchev–Trinajstić information content (AvgIpc) is 2.58. The molecule has 4 heteroatoms. The molecule has 1 N–H and O–H groups in total. The molecule has 0 unspecified atom stereocenters. The van der Waals surface area contributed by atoms with Gasteiger partial charge in [0.05, 0.1) is 17.7 Å². The molecule has 0 radical (unpaired) electrons. The van der Waals surface area contributed by atoms with E-state index in [2.05, 4.69) is 10.3 Å². The number of rotatable bonds is 2. The fraction of sp³-hybridized carbons (Fsp3) is 0.500. The molecule has 1 aromatic heterocycles. The van der Waals surface area contributed by atoms with Gasteiger partial charge in [-0.3, -0.25) is 0 Å². The minimum absolute atomic E-state index is 0.550. The Morgan fingerprint density at radius 3 is 2.94 bits per heavy atom. The quantitative estimate of drug-likeness (QED) is 0.832. The summed E-state index contributed by atoms with van der Waals surface area (Å²) in [5.41, 5.74) is 2.54. The van der Waals surface area contributed by atoms with Gasteiger partial charge in [0.1, 0.15) is 5.52 Å². The molecule has 3 rings (SSSR count). The molecule has 1 heterocycles. The Labute approximate surface area is 93.9 Å². The van der Waals surface area contributed by atoms with Crippen LogP contribution in [0.25, 0.3) is 11.0 Å². The Bertz CT molecular complexity index is 528. The smallest absolute Gasteiger partial charge is 0.113 e. The summed E-state index contributed by atoms with van der Waals surface area (Å²) in [5.74, 6) is 0. The lowest BCUT2D eigenvalue weighted by Gasteiger charge is -2.36. The van der Waals surface area contributed by atoms with Crippen molar-refractivity contribution in [3.8, 4) is 0 Å². The van der Waals surface area contributed by atoms with E-state index in [4.69, 9.17) is 0 Å². The molecule has 2 aromatic rings. The van der Waals surface area contributed by atoms with Crippen LogP contribution in [-0.4, -0.2) is 25.7 Å². The first-order valence-electron chi connectivity index (χ1n) is 5.69. The number of aromatic nitrogens is 3. The highest BCUT2D eigenvalue weighted by Crippen LogP contribution is 2.33. The fourth-order valence-electron chi connectivity index (χ4n) is 2.22. The highest BCUT2D eigenvalue weighted by molar-refractivity contribution is 5.74. The van der Waals surface area contributed by atoms with Crippen molar-refractivity contribution >= 4 is 11.0 Å². The number of benzene rings is 1. The zero-order valence-electron chi connectivity index (χ0n) is 9.35. The highest BCUT2D eigenvalue weighted by Gasteiger charge is 2.35. The van der Waals surface area contributed by atoms with E-state index in [1.165, 1.54) is 5.56 Å². The Kier molecular flexibility index (Phi) is 2.01. The number of fused-ring (bicyclic) bond motifs is 1. The fourth-order valence-corrected chi connectivity index (χ4v) is 2.22. The van der Waals surface area contributed by atoms with Gasteiger partial charge < -0.3 is 5.11 Å². The summed E-state index contributed by atoms with van der Waals surface area (Å²) in [7, 11) is 0. The van der Waals surface area contributed by atoms with Crippen LogP contribution in [0.3, 0.4) is 0 Å². The normalized spacial score (nSPS) is 18.6. The Morgan fingerprint density at radius 2 is 2.25 bits per heavy atom. The summed E-state index contributed by atoms with van der Waals surface area (Å²) < 4.78 is 1.81. The van der Waals surface area contributed by atoms with Gasteiger partial charge in [-0.2, -0.15) is 0 Å². The Morgan fingerprint density at radius 1 is 1.44 bits per heavy atom. The van der Waals surface area contributed by atoms with Gasteiger partial charge in [-0.1, -0.05) is 11.3 Å². The lowest BCUT2D eigenvalue weighted by molar-refractivity contribution is -0.0492. The van der Waals surface area contributed by atoms with Crippen LogP contribution in [0, 0.1) is 6.92 Å². The Balaban J connectivity index is 1.98. The van der Waals surface area contributed by atoms with E-state index in [9.17, 15) is 5.11 Å². The summed E-state index contributed by atoms with van der Waals surface area (Å²) in [6.45, 7) is 2.60. The van der Waals surface area contributed by atoms with Crippen molar-refractivity contribution < 1.29 is 5.11 Å². The summed E-state index contributed by atoms with van der Waals surface area (Å²) in [6.07, 6.45) is 2.86. The SMILES string of the molecule is Cc1ccc2c(c1)nnn2CC1(O)CCC1. The molecular formula is C12H15N3O. The van der Waals surface area contributed by atoms with Crippen LogP contribution < -0.4 is 0 Å². The van der Waals surface area contributed by atoms with Gasteiger partial charge in [-0.15, -0.1) is 5.10 Å². The molecule has 1 saturated carbocycles. The van der Waals surface area contributed by atoms with Gasteiger partial charge >= 0.3 is 0 Å². The van der Waals surface area contributed by atoms with Crippen molar-refractivity contribution in [2.45, 2.75) is 38.3 Å². The number of aryl methyl sites for hydroxylation is 1. The van der Waals surface area contributed by atoms with E-state index in [1.54, 1.807) is 0 Å².